The summed E-state index contributed by atoms with van der Waals surface area (Å²) in [6, 6.07) is 9.85. The van der Waals surface area contributed by atoms with Crippen molar-refractivity contribution in [2.75, 3.05) is 28.7 Å². The van der Waals surface area contributed by atoms with Crippen LogP contribution in [0.2, 0.25) is 0 Å². The molecule has 0 spiro atoms. The Kier molecular flexibility index (Phi) is 4.99. The predicted octanol–water partition coefficient (Wildman–Crippen LogP) is 2.35. The SMILES string of the molecule is CCS(=O)(=O)N(CC(=O)Nc1ccc(F)cc1)c1ccc2c(c1)OCO2. The van der Waals surface area contributed by atoms with Crippen molar-refractivity contribution in [3.63, 3.8) is 0 Å². The Morgan fingerprint density at radius 1 is 1.15 bits per heavy atom. The minimum atomic E-state index is -3.71. The number of hydrogen-bond donors (Lipinski definition) is 1. The average Bonchev–Trinajstić information content (AvgIpc) is 3.09. The lowest BCUT2D eigenvalue weighted by Gasteiger charge is -2.23. The quantitative estimate of drug-likeness (QED) is 0.832. The first-order chi connectivity index (χ1) is 12.4. The summed E-state index contributed by atoms with van der Waals surface area (Å²) in [6.07, 6.45) is 0. The molecule has 1 amide bonds. The number of halogens is 1. The first kappa shape index (κ1) is 18.0. The van der Waals surface area contributed by atoms with E-state index in [1.165, 1.54) is 37.3 Å². The third-order valence-corrected chi connectivity index (χ3v) is 5.50. The molecule has 0 aliphatic carbocycles. The molecule has 0 fully saturated rings. The van der Waals surface area contributed by atoms with E-state index < -0.39 is 28.3 Å². The number of fused-ring (bicyclic) bond motifs is 1. The molecule has 1 heterocycles. The molecule has 0 saturated carbocycles. The molecule has 1 aliphatic rings. The van der Waals surface area contributed by atoms with E-state index in [-0.39, 0.29) is 12.5 Å². The van der Waals surface area contributed by atoms with Gasteiger partial charge in [0.2, 0.25) is 22.7 Å². The summed E-state index contributed by atoms with van der Waals surface area (Å²) in [6.45, 7) is 1.13. The molecule has 2 aromatic rings. The highest BCUT2D eigenvalue weighted by Gasteiger charge is 2.25. The maximum atomic E-state index is 12.9. The Morgan fingerprint density at radius 2 is 1.85 bits per heavy atom. The summed E-state index contributed by atoms with van der Waals surface area (Å²) in [5.41, 5.74) is 0.668. The number of rotatable bonds is 6. The number of sulfonamides is 1. The van der Waals surface area contributed by atoms with Crippen LogP contribution in [-0.4, -0.2) is 33.4 Å². The van der Waals surface area contributed by atoms with Gasteiger partial charge in [0.15, 0.2) is 11.5 Å². The average molecular weight is 380 g/mol. The summed E-state index contributed by atoms with van der Waals surface area (Å²) in [5.74, 6) is -0.230. The molecule has 138 valence electrons. The number of amides is 1. The van der Waals surface area contributed by atoms with Gasteiger partial charge in [-0.1, -0.05) is 0 Å². The molecule has 1 N–H and O–H groups in total. The highest BCUT2D eigenvalue weighted by Crippen LogP contribution is 2.36. The lowest BCUT2D eigenvalue weighted by atomic mass is 10.2. The largest absolute Gasteiger partial charge is 0.454 e. The number of benzene rings is 2. The second-order valence-electron chi connectivity index (χ2n) is 5.50. The van der Waals surface area contributed by atoms with E-state index in [0.717, 1.165) is 4.31 Å². The van der Waals surface area contributed by atoms with Crippen molar-refractivity contribution < 1.29 is 27.1 Å². The van der Waals surface area contributed by atoms with Crippen LogP contribution in [0.5, 0.6) is 11.5 Å². The van der Waals surface area contributed by atoms with Gasteiger partial charge in [-0.25, -0.2) is 12.8 Å². The molecule has 3 rings (SSSR count). The molecule has 9 heteroatoms. The van der Waals surface area contributed by atoms with Gasteiger partial charge >= 0.3 is 0 Å². The van der Waals surface area contributed by atoms with Crippen LogP contribution < -0.4 is 19.1 Å². The van der Waals surface area contributed by atoms with Gasteiger partial charge in [-0.05, 0) is 43.3 Å². The molecular formula is C17H17FN2O5S. The summed E-state index contributed by atoms with van der Waals surface area (Å²) in [4.78, 5) is 12.3. The smallest absolute Gasteiger partial charge is 0.245 e. The van der Waals surface area contributed by atoms with Crippen LogP contribution in [-0.2, 0) is 14.8 Å². The second kappa shape index (κ2) is 7.20. The van der Waals surface area contributed by atoms with Crippen LogP contribution in [0, 0.1) is 5.82 Å². The lowest BCUT2D eigenvalue weighted by Crippen LogP contribution is -2.39. The van der Waals surface area contributed by atoms with Crippen LogP contribution in [0.15, 0.2) is 42.5 Å². The molecule has 7 nitrogen and oxygen atoms in total. The van der Waals surface area contributed by atoms with Gasteiger partial charge in [0.25, 0.3) is 0 Å². The normalized spacial score (nSPS) is 12.7. The minimum Gasteiger partial charge on any atom is -0.454 e. The van der Waals surface area contributed by atoms with Crippen molar-refractivity contribution in [2.45, 2.75) is 6.92 Å². The number of nitrogens with one attached hydrogen (secondary N) is 1. The first-order valence-corrected chi connectivity index (χ1v) is 9.45. The fourth-order valence-corrected chi connectivity index (χ4v) is 3.47. The lowest BCUT2D eigenvalue weighted by molar-refractivity contribution is -0.114. The van der Waals surface area contributed by atoms with E-state index in [0.29, 0.717) is 22.9 Å². The van der Waals surface area contributed by atoms with E-state index >= 15 is 0 Å². The third kappa shape index (κ3) is 3.88. The van der Waals surface area contributed by atoms with Crippen molar-refractivity contribution in [3.8, 4) is 11.5 Å². The highest BCUT2D eigenvalue weighted by atomic mass is 32.2. The van der Waals surface area contributed by atoms with Crippen molar-refractivity contribution in [2.24, 2.45) is 0 Å². The fraction of sp³-hybridized carbons (Fsp3) is 0.235. The van der Waals surface area contributed by atoms with Gasteiger partial charge in [0.1, 0.15) is 12.4 Å². The van der Waals surface area contributed by atoms with Gasteiger partial charge in [-0.3, -0.25) is 9.10 Å². The minimum absolute atomic E-state index is 0.0599. The van der Waals surface area contributed by atoms with Crippen molar-refractivity contribution in [1.29, 1.82) is 0 Å². The first-order valence-electron chi connectivity index (χ1n) is 7.84. The highest BCUT2D eigenvalue weighted by molar-refractivity contribution is 7.92. The van der Waals surface area contributed by atoms with Crippen LogP contribution in [0.25, 0.3) is 0 Å². The zero-order valence-electron chi connectivity index (χ0n) is 13.9. The number of ether oxygens (including phenoxy) is 2. The molecule has 0 atom stereocenters. The molecule has 2 aromatic carbocycles. The van der Waals surface area contributed by atoms with Crippen LogP contribution in [0.3, 0.4) is 0 Å². The maximum Gasteiger partial charge on any atom is 0.245 e. The van der Waals surface area contributed by atoms with Gasteiger partial charge in [-0.2, -0.15) is 0 Å². The number of anilines is 2. The molecular weight excluding hydrogens is 363 g/mol. The third-order valence-electron chi connectivity index (χ3n) is 3.76. The van der Waals surface area contributed by atoms with Crippen LogP contribution in [0.4, 0.5) is 15.8 Å². The Bertz CT molecular complexity index is 915. The van der Waals surface area contributed by atoms with Crippen LogP contribution >= 0.6 is 0 Å². The second-order valence-corrected chi connectivity index (χ2v) is 7.68. The van der Waals surface area contributed by atoms with Crippen molar-refractivity contribution in [3.05, 3.63) is 48.3 Å². The molecule has 0 bridgehead atoms. The zero-order valence-corrected chi connectivity index (χ0v) is 14.8. The van der Waals surface area contributed by atoms with Gasteiger partial charge in [0.05, 0.1) is 11.4 Å². The molecule has 0 saturated heterocycles. The molecule has 0 radical (unpaired) electrons. The molecule has 0 aromatic heterocycles. The summed E-state index contributed by atoms with van der Waals surface area (Å²) >= 11 is 0. The van der Waals surface area contributed by atoms with Gasteiger partial charge < -0.3 is 14.8 Å². The van der Waals surface area contributed by atoms with E-state index in [4.69, 9.17) is 9.47 Å². The van der Waals surface area contributed by atoms with Gasteiger partial charge in [0, 0.05) is 11.8 Å². The molecule has 1 aliphatic heterocycles. The van der Waals surface area contributed by atoms with Crippen molar-refractivity contribution >= 4 is 27.3 Å². The Hall–Kier alpha value is -2.81. The zero-order chi connectivity index (χ0) is 18.7. The Balaban J connectivity index is 1.83. The van der Waals surface area contributed by atoms with Crippen molar-refractivity contribution in [1.82, 2.24) is 0 Å². The van der Waals surface area contributed by atoms with Gasteiger partial charge in [-0.15, -0.1) is 0 Å². The predicted molar refractivity (Wildman–Crippen MR) is 94.4 cm³/mol. The number of hydrogen-bond acceptors (Lipinski definition) is 5. The monoisotopic (exact) mass is 380 g/mol. The van der Waals surface area contributed by atoms with E-state index in [2.05, 4.69) is 5.32 Å². The fourth-order valence-electron chi connectivity index (χ4n) is 2.41. The number of carbonyl (C=O) groups is 1. The molecule has 26 heavy (non-hydrogen) atoms. The topological polar surface area (TPSA) is 84.9 Å². The Morgan fingerprint density at radius 3 is 2.54 bits per heavy atom. The van der Waals surface area contributed by atoms with Crippen LogP contribution in [0.1, 0.15) is 6.92 Å². The standard InChI is InChI=1S/C17H17FN2O5S/c1-2-26(22,23)20(14-7-8-15-16(9-14)25-11-24-15)10-17(21)19-13-5-3-12(18)4-6-13/h3-9H,2,10-11H2,1H3,(H,19,21). The maximum absolute atomic E-state index is 12.9. The Labute approximate surface area is 150 Å². The van der Waals surface area contributed by atoms with E-state index in [9.17, 15) is 17.6 Å². The number of carbonyl (C=O) groups excluding carboxylic acids is 1. The summed E-state index contributed by atoms with van der Waals surface area (Å²) < 4.78 is 49.3. The van der Waals surface area contributed by atoms with E-state index in [1.54, 1.807) is 12.1 Å². The molecule has 0 unspecified atom stereocenters. The number of nitrogens with zero attached hydrogens (tertiary/aromatic N) is 1. The summed E-state index contributed by atoms with van der Waals surface area (Å²) in [7, 11) is -3.71. The van der Waals surface area contributed by atoms with E-state index in [1.807, 2.05) is 0 Å². The summed E-state index contributed by atoms with van der Waals surface area (Å²) in [5, 5.41) is 2.55.